The Morgan fingerprint density at radius 3 is 2.10 bits per heavy atom. The number of amides is 3. The van der Waals surface area contributed by atoms with Crippen LogP contribution in [0.1, 0.15) is 93.9 Å². The number of imidazole rings is 1. The average Bonchev–Trinajstić information content (AvgIpc) is 3.34. The van der Waals surface area contributed by atoms with Crippen LogP contribution in [0.25, 0.3) is 11.0 Å². The highest BCUT2D eigenvalue weighted by Crippen LogP contribution is 2.24. The number of carbonyl (C=O) groups excluding carboxylic acids is 3. The summed E-state index contributed by atoms with van der Waals surface area (Å²) in [6, 6.07) is 13.4. The van der Waals surface area contributed by atoms with Crippen molar-refractivity contribution >= 4 is 28.8 Å². The zero-order valence-corrected chi connectivity index (χ0v) is 29.7. The predicted octanol–water partition coefficient (Wildman–Crippen LogP) is 3.97. The van der Waals surface area contributed by atoms with E-state index in [1.165, 1.54) is 10.1 Å². The van der Waals surface area contributed by atoms with Gasteiger partial charge in [-0.1, -0.05) is 43.2 Å². The van der Waals surface area contributed by atoms with Crippen LogP contribution in [-0.2, 0) is 55.1 Å². The van der Waals surface area contributed by atoms with Gasteiger partial charge < -0.3 is 25.7 Å². The minimum Gasteiger partial charge on any atom is -0.381 e. The number of nitrogens with zero attached hydrogens (tertiary/aromatic N) is 2. The lowest BCUT2D eigenvalue weighted by molar-refractivity contribution is -0.135. The Balaban J connectivity index is 0.991. The van der Waals surface area contributed by atoms with E-state index in [1.54, 1.807) is 11.6 Å². The zero-order valence-electron chi connectivity index (χ0n) is 29.7. The number of hydrogen-bond acceptors (Lipinski definition) is 8. The molecule has 3 amide bonds. The van der Waals surface area contributed by atoms with Crippen LogP contribution in [-0.4, -0.2) is 65.4 Å². The Morgan fingerprint density at radius 1 is 0.860 bits per heavy atom. The fourth-order valence-corrected chi connectivity index (χ4v) is 6.21. The number of unbranched alkanes of at least 4 members (excludes halogenated alkanes) is 3. The number of aryl methyl sites for hydroxylation is 3. The summed E-state index contributed by atoms with van der Waals surface area (Å²) in [5.74, 6) is -1.06. The third kappa shape index (κ3) is 11.9. The number of benzene rings is 2. The lowest BCUT2D eigenvalue weighted by Crippen LogP contribution is -2.44. The molecular weight excluding hydrogens is 638 g/mol. The van der Waals surface area contributed by atoms with Gasteiger partial charge in [-0.15, -0.1) is 0 Å². The maximum atomic E-state index is 13.0. The maximum absolute atomic E-state index is 13.0. The van der Waals surface area contributed by atoms with Gasteiger partial charge in [0.15, 0.2) is 0 Å². The molecule has 1 aliphatic rings. The molecule has 0 aliphatic carbocycles. The number of primary amides is 1. The van der Waals surface area contributed by atoms with Crippen molar-refractivity contribution in [3.8, 4) is 0 Å². The van der Waals surface area contributed by atoms with Crippen LogP contribution in [0.3, 0.4) is 0 Å². The SMILES string of the molecule is C[C@@H](OCc1ccc(CCCOCCCCCCOCCCc2ccc3c(c2)n(C)c(=O)n3C2CCC(=O)NC2=O)cc1)[C@@H](N)CCC(N)=O. The van der Waals surface area contributed by atoms with Gasteiger partial charge in [0.2, 0.25) is 17.7 Å². The molecule has 2 aromatic carbocycles. The van der Waals surface area contributed by atoms with E-state index < -0.39 is 11.9 Å². The average molecular weight is 694 g/mol. The van der Waals surface area contributed by atoms with Gasteiger partial charge in [-0.05, 0) is 87.1 Å². The Kier molecular flexibility index (Phi) is 15.7. The molecule has 3 aromatic rings. The molecule has 1 fully saturated rings. The summed E-state index contributed by atoms with van der Waals surface area (Å²) < 4.78 is 20.6. The number of ether oxygens (including phenoxy) is 3. The van der Waals surface area contributed by atoms with Gasteiger partial charge >= 0.3 is 5.69 Å². The standard InChI is InChI=1S/C38H55N5O7/c1-27(31(39)16-19-35(40)44)50-26-30-13-11-28(12-14-30)9-7-23-48-21-5-3-4-6-22-49-24-8-10-29-15-17-32-34(25-29)42(2)38(47)43(32)33-18-20-36(45)41-37(33)46/h11-15,17,25,27,31,33H,3-10,16,18-24,26,39H2,1-2H3,(H2,40,44)(H,41,45,46)/t27-,31+,33?/m1/s1. The van der Waals surface area contributed by atoms with E-state index in [1.807, 2.05) is 25.1 Å². The quantitative estimate of drug-likeness (QED) is 0.0990. The number of nitrogens with one attached hydrogen (secondary N) is 1. The highest BCUT2D eigenvalue weighted by atomic mass is 16.5. The Bertz CT molecular complexity index is 1600. The lowest BCUT2D eigenvalue weighted by atomic mass is 10.1. The number of fused-ring (bicyclic) bond motifs is 1. The summed E-state index contributed by atoms with van der Waals surface area (Å²) in [6.45, 7) is 5.37. The maximum Gasteiger partial charge on any atom is 0.329 e. The molecule has 50 heavy (non-hydrogen) atoms. The molecule has 1 saturated heterocycles. The molecule has 0 bridgehead atoms. The van der Waals surface area contributed by atoms with E-state index in [-0.39, 0.29) is 42.5 Å². The summed E-state index contributed by atoms with van der Waals surface area (Å²) in [5.41, 5.74) is 16.0. The highest BCUT2D eigenvalue weighted by Gasteiger charge is 2.31. The number of hydrogen-bond donors (Lipinski definition) is 3. The molecule has 12 heteroatoms. The topological polar surface area (TPSA) is 170 Å². The van der Waals surface area contributed by atoms with Crippen molar-refractivity contribution in [2.45, 2.75) is 109 Å². The molecule has 3 atom stereocenters. The molecule has 12 nitrogen and oxygen atoms in total. The molecule has 274 valence electrons. The second-order valence-electron chi connectivity index (χ2n) is 13.3. The second-order valence-corrected chi connectivity index (χ2v) is 13.3. The van der Waals surface area contributed by atoms with Crippen LogP contribution in [0.5, 0.6) is 0 Å². The van der Waals surface area contributed by atoms with E-state index in [0.29, 0.717) is 31.6 Å². The predicted molar refractivity (Wildman–Crippen MR) is 192 cm³/mol. The molecule has 1 unspecified atom stereocenters. The van der Waals surface area contributed by atoms with Crippen LogP contribution >= 0.6 is 0 Å². The molecule has 5 N–H and O–H groups in total. The zero-order chi connectivity index (χ0) is 35.9. The third-order valence-corrected chi connectivity index (χ3v) is 9.37. The molecule has 1 aromatic heterocycles. The van der Waals surface area contributed by atoms with E-state index in [4.69, 9.17) is 25.7 Å². The van der Waals surface area contributed by atoms with Gasteiger partial charge in [-0.2, -0.15) is 0 Å². The van der Waals surface area contributed by atoms with E-state index >= 15 is 0 Å². The molecular formula is C38H55N5O7. The van der Waals surface area contributed by atoms with Gasteiger partial charge in [-0.25, -0.2) is 4.79 Å². The van der Waals surface area contributed by atoms with Crippen molar-refractivity contribution in [3.05, 3.63) is 69.6 Å². The Morgan fingerprint density at radius 2 is 1.46 bits per heavy atom. The van der Waals surface area contributed by atoms with Crippen LogP contribution in [0, 0.1) is 0 Å². The van der Waals surface area contributed by atoms with Gasteiger partial charge in [0, 0.05) is 52.4 Å². The molecule has 0 spiro atoms. The normalized spacial score (nSPS) is 16.1. The second kappa shape index (κ2) is 20.1. The molecule has 0 radical (unpaired) electrons. The van der Waals surface area contributed by atoms with Gasteiger partial charge in [-0.3, -0.25) is 28.8 Å². The largest absolute Gasteiger partial charge is 0.381 e. The summed E-state index contributed by atoms with van der Waals surface area (Å²) in [4.78, 5) is 47.9. The number of carbonyl (C=O) groups is 3. The van der Waals surface area contributed by atoms with Crippen molar-refractivity contribution in [1.29, 1.82) is 0 Å². The molecule has 4 rings (SSSR count). The number of imide groups is 1. The minimum absolute atomic E-state index is 0.151. The van der Waals surface area contributed by atoms with Crippen molar-refractivity contribution in [1.82, 2.24) is 14.5 Å². The van der Waals surface area contributed by atoms with Crippen LogP contribution < -0.4 is 22.5 Å². The fourth-order valence-electron chi connectivity index (χ4n) is 6.21. The van der Waals surface area contributed by atoms with E-state index in [2.05, 4.69) is 29.6 Å². The van der Waals surface area contributed by atoms with Crippen molar-refractivity contribution in [3.63, 3.8) is 0 Å². The third-order valence-electron chi connectivity index (χ3n) is 9.37. The molecule has 2 heterocycles. The first-order chi connectivity index (χ1) is 24.1. The molecule has 0 saturated carbocycles. The van der Waals surface area contributed by atoms with Crippen molar-refractivity contribution in [2.75, 3.05) is 26.4 Å². The number of nitrogens with two attached hydrogens (primary N) is 2. The van der Waals surface area contributed by atoms with Gasteiger partial charge in [0.05, 0.1) is 23.7 Å². The first-order valence-electron chi connectivity index (χ1n) is 18.1. The summed E-state index contributed by atoms with van der Waals surface area (Å²) in [6.07, 6.45) is 9.19. The number of rotatable bonds is 23. The van der Waals surface area contributed by atoms with Crippen molar-refractivity contribution < 1.29 is 28.6 Å². The highest BCUT2D eigenvalue weighted by molar-refractivity contribution is 6.00. The van der Waals surface area contributed by atoms with Crippen LogP contribution in [0.2, 0.25) is 0 Å². The van der Waals surface area contributed by atoms with Crippen LogP contribution in [0.15, 0.2) is 47.3 Å². The monoisotopic (exact) mass is 693 g/mol. The summed E-state index contributed by atoms with van der Waals surface area (Å²) in [5, 5.41) is 2.35. The van der Waals surface area contributed by atoms with Crippen LogP contribution in [0.4, 0.5) is 0 Å². The van der Waals surface area contributed by atoms with Gasteiger partial charge in [0.1, 0.15) is 6.04 Å². The van der Waals surface area contributed by atoms with Gasteiger partial charge in [0.25, 0.3) is 0 Å². The lowest BCUT2D eigenvalue weighted by Gasteiger charge is -2.21. The Hall–Kier alpha value is -3.84. The first kappa shape index (κ1) is 39.0. The Labute approximate surface area is 294 Å². The smallest absolute Gasteiger partial charge is 0.329 e. The van der Waals surface area contributed by atoms with Crippen molar-refractivity contribution in [2.24, 2.45) is 18.5 Å². The minimum atomic E-state index is -0.673. The molecule has 1 aliphatic heterocycles. The number of aromatic nitrogens is 2. The first-order valence-corrected chi connectivity index (χ1v) is 18.1. The fraction of sp³-hybridized carbons (Fsp3) is 0.579. The number of piperidine rings is 1. The van der Waals surface area contributed by atoms with E-state index in [9.17, 15) is 19.2 Å². The van der Waals surface area contributed by atoms with E-state index in [0.717, 1.165) is 87.8 Å². The summed E-state index contributed by atoms with van der Waals surface area (Å²) >= 11 is 0. The summed E-state index contributed by atoms with van der Waals surface area (Å²) in [7, 11) is 1.71.